The number of rotatable bonds is 2. The maximum absolute atomic E-state index is 8.38. The molecule has 2 rings (SSSR count). The molecule has 0 heterocycles. The summed E-state index contributed by atoms with van der Waals surface area (Å²) in [5.74, 6) is 0.909. The summed E-state index contributed by atoms with van der Waals surface area (Å²) in [6, 6.07) is 0. The van der Waals surface area contributed by atoms with E-state index in [1.807, 2.05) is 0 Å². The van der Waals surface area contributed by atoms with Gasteiger partial charge in [-0.15, -0.1) is 0 Å². The molecule has 0 aliphatic heterocycles. The van der Waals surface area contributed by atoms with Gasteiger partial charge in [0.2, 0.25) is 0 Å². The van der Waals surface area contributed by atoms with Crippen molar-refractivity contribution in [2.24, 2.45) is 5.92 Å². The lowest BCUT2D eigenvalue weighted by Crippen LogP contribution is -1.81. The minimum atomic E-state index is 0.356. The monoisotopic (exact) mass is 96.1 g/mol. The van der Waals surface area contributed by atoms with E-state index < -0.39 is 0 Å². The van der Waals surface area contributed by atoms with Gasteiger partial charge in [-0.2, -0.15) is 0 Å². The fraction of sp³-hybridized carbons (Fsp3) is 0.667. The second-order valence-electron chi connectivity index (χ2n) is 2.28. The molecule has 1 N–H and O–H groups in total. The summed E-state index contributed by atoms with van der Waals surface area (Å²) in [6.45, 7) is 0.356. The van der Waals surface area contributed by atoms with Crippen LogP contribution in [0, 0.1) is 5.92 Å². The smallest absolute Gasteiger partial charge is 0.0468 e. The van der Waals surface area contributed by atoms with Gasteiger partial charge in [-0.1, -0.05) is 11.1 Å². The molecular formula is C6H8O. The Labute approximate surface area is 42.7 Å². The number of aliphatic hydroxyl groups is 1. The minimum Gasteiger partial charge on any atom is -0.396 e. The highest BCUT2D eigenvalue weighted by atomic mass is 16.3. The van der Waals surface area contributed by atoms with Crippen molar-refractivity contribution in [1.29, 1.82) is 0 Å². The van der Waals surface area contributed by atoms with Gasteiger partial charge in [-0.05, 0) is 12.8 Å². The summed E-state index contributed by atoms with van der Waals surface area (Å²) in [6.07, 6.45) is 2.31. The highest BCUT2D eigenvalue weighted by Gasteiger charge is 2.49. The maximum atomic E-state index is 8.38. The van der Waals surface area contributed by atoms with Crippen LogP contribution < -0.4 is 0 Å². The van der Waals surface area contributed by atoms with Crippen molar-refractivity contribution in [3.63, 3.8) is 0 Å². The van der Waals surface area contributed by atoms with E-state index >= 15 is 0 Å². The fourth-order valence-corrected chi connectivity index (χ4v) is 1.12. The highest BCUT2D eigenvalue weighted by Crippen LogP contribution is 2.62. The van der Waals surface area contributed by atoms with Gasteiger partial charge in [-0.3, -0.25) is 0 Å². The van der Waals surface area contributed by atoms with Crippen LogP contribution >= 0.6 is 0 Å². The number of fused-ring (bicyclic) bond motifs is 1. The van der Waals surface area contributed by atoms with E-state index in [-0.39, 0.29) is 0 Å². The van der Waals surface area contributed by atoms with Gasteiger partial charge in [0.25, 0.3) is 0 Å². The highest BCUT2D eigenvalue weighted by molar-refractivity contribution is 5.55. The van der Waals surface area contributed by atoms with Crippen LogP contribution in [0.4, 0.5) is 0 Å². The number of hydrogen-bond acceptors (Lipinski definition) is 1. The Hall–Kier alpha value is -0.300. The van der Waals surface area contributed by atoms with Gasteiger partial charge in [-0.25, -0.2) is 0 Å². The normalized spacial score (nSPS) is 33.0. The van der Waals surface area contributed by atoms with Crippen LogP contribution in [0.15, 0.2) is 11.1 Å². The zero-order valence-corrected chi connectivity index (χ0v) is 4.15. The molecule has 0 amide bonds. The molecule has 0 aromatic heterocycles. The van der Waals surface area contributed by atoms with Crippen molar-refractivity contribution in [2.75, 3.05) is 6.61 Å². The van der Waals surface area contributed by atoms with Crippen LogP contribution in [0.2, 0.25) is 0 Å². The number of aliphatic hydroxyl groups excluding tert-OH is 1. The Morgan fingerprint density at radius 2 is 2.43 bits per heavy atom. The van der Waals surface area contributed by atoms with E-state index in [9.17, 15) is 0 Å². The Balaban J connectivity index is 1.90. The first-order chi connectivity index (χ1) is 3.43. The van der Waals surface area contributed by atoms with Crippen molar-refractivity contribution >= 4 is 0 Å². The van der Waals surface area contributed by atoms with E-state index in [1.165, 1.54) is 6.42 Å². The van der Waals surface area contributed by atoms with Crippen molar-refractivity contribution < 1.29 is 5.11 Å². The molecule has 0 saturated heterocycles. The summed E-state index contributed by atoms with van der Waals surface area (Å²) in [4.78, 5) is 0. The van der Waals surface area contributed by atoms with Crippen LogP contribution in [-0.2, 0) is 0 Å². The third-order valence-corrected chi connectivity index (χ3v) is 1.82. The summed E-state index contributed by atoms with van der Waals surface area (Å²) < 4.78 is 0. The Bertz CT molecular complexity index is 135. The summed E-state index contributed by atoms with van der Waals surface area (Å²) in [5.41, 5.74) is 3.21. The third-order valence-electron chi connectivity index (χ3n) is 1.82. The fourth-order valence-electron chi connectivity index (χ4n) is 1.12. The van der Waals surface area contributed by atoms with Gasteiger partial charge < -0.3 is 5.11 Å². The molecule has 1 saturated carbocycles. The first kappa shape index (κ1) is 3.67. The average molecular weight is 96.1 g/mol. The lowest BCUT2D eigenvalue weighted by atomic mass is 10.2. The van der Waals surface area contributed by atoms with Crippen molar-refractivity contribution in [1.82, 2.24) is 0 Å². The second-order valence-corrected chi connectivity index (χ2v) is 2.28. The molecule has 2 aliphatic carbocycles. The molecule has 0 bridgehead atoms. The quantitative estimate of drug-likeness (QED) is 0.502. The molecule has 1 fully saturated rings. The molecule has 7 heavy (non-hydrogen) atoms. The standard InChI is InChI=1S/C6H8O/c7-2-1-4-5-3-6(4)5/h5,7H,1-3H2/t5-/m0/s1. The topological polar surface area (TPSA) is 20.2 Å². The molecule has 1 nitrogen and oxygen atoms in total. The van der Waals surface area contributed by atoms with Crippen LogP contribution in [0.1, 0.15) is 12.8 Å². The SMILES string of the molecule is OCCC1=C2C[C@@H]12. The zero-order valence-electron chi connectivity index (χ0n) is 4.15. The first-order valence-electron chi connectivity index (χ1n) is 2.76. The molecule has 0 radical (unpaired) electrons. The van der Waals surface area contributed by atoms with Gasteiger partial charge in [0.05, 0.1) is 0 Å². The van der Waals surface area contributed by atoms with Crippen molar-refractivity contribution in [2.45, 2.75) is 12.8 Å². The Kier molecular flexibility index (Phi) is 0.482. The summed E-state index contributed by atoms with van der Waals surface area (Å²) in [5, 5.41) is 8.38. The molecule has 2 aliphatic rings. The van der Waals surface area contributed by atoms with Gasteiger partial charge in [0.1, 0.15) is 0 Å². The maximum Gasteiger partial charge on any atom is 0.0468 e. The van der Waals surface area contributed by atoms with Crippen LogP contribution in [0.3, 0.4) is 0 Å². The van der Waals surface area contributed by atoms with Crippen molar-refractivity contribution in [3.8, 4) is 0 Å². The van der Waals surface area contributed by atoms with E-state index in [4.69, 9.17) is 5.11 Å². The van der Waals surface area contributed by atoms with E-state index in [1.54, 1.807) is 11.1 Å². The predicted octanol–water partition coefficient (Wildman–Crippen LogP) is 0.699. The molecule has 1 heteroatoms. The Morgan fingerprint density at radius 1 is 1.71 bits per heavy atom. The molecule has 0 spiro atoms. The van der Waals surface area contributed by atoms with Gasteiger partial charge in [0, 0.05) is 12.5 Å². The van der Waals surface area contributed by atoms with Crippen LogP contribution in [0.25, 0.3) is 0 Å². The Morgan fingerprint density at radius 3 is 2.57 bits per heavy atom. The van der Waals surface area contributed by atoms with Gasteiger partial charge >= 0.3 is 0 Å². The van der Waals surface area contributed by atoms with Crippen LogP contribution in [-0.4, -0.2) is 11.7 Å². The lowest BCUT2D eigenvalue weighted by molar-refractivity contribution is 0.299. The van der Waals surface area contributed by atoms with E-state index in [2.05, 4.69) is 0 Å². The third kappa shape index (κ3) is 0.361. The van der Waals surface area contributed by atoms with Crippen LogP contribution in [0.5, 0.6) is 0 Å². The molecule has 38 valence electrons. The molecule has 1 atom stereocenters. The zero-order chi connectivity index (χ0) is 4.85. The predicted molar refractivity (Wildman–Crippen MR) is 26.8 cm³/mol. The second kappa shape index (κ2) is 0.920. The average Bonchev–Trinajstić information content (AvgIpc) is 2.41. The minimum absolute atomic E-state index is 0.356. The van der Waals surface area contributed by atoms with E-state index in [0.717, 1.165) is 12.3 Å². The first-order valence-corrected chi connectivity index (χ1v) is 2.76. The lowest BCUT2D eigenvalue weighted by Gasteiger charge is -1.87. The van der Waals surface area contributed by atoms with E-state index in [0.29, 0.717) is 6.61 Å². The largest absolute Gasteiger partial charge is 0.396 e. The van der Waals surface area contributed by atoms with Gasteiger partial charge in [0.15, 0.2) is 0 Å². The molecule has 0 aromatic carbocycles. The molecular weight excluding hydrogens is 88.1 g/mol. The summed E-state index contributed by atoms with van der Waals surface area (Å²) in [7, 11) is 0. The summed E-state index contributed by atoms with van der Waals surface area (Å²) >= 11 is 0. The molecule has 0 unspecified atom stereocenters. The molecule has 0 aromatic rings. The number of allylic oxidation sites excluding steroid dienone is 1. The van der Waals surface area contributed by atoms with Crippen molar-refractivity contribution in [3.05, 3.63) is 11.1 Å². The number of hydrogen-bond donors (Lipinski definition) is 1.